The Hall–Kier alpha value is -3.56. The summed E-state index contributed by atoms with van der Waals surface area (Å²) in [4.78, 5) is 17.8. The smallest absolute Gasteiger partial charge is 0.471 e. The zero-order valence-corrected chi connectivity index (χ0v) is 17.2. The summed E-state index contributed by atoms with van der Waals surface area (Å²) in [6.45, 7) is 2.85. The molecule has 0 aliphatic heterocycles. The van der Waals surface area contributed by atoms with Gasteiger partial charge in [0, 0.05) is 43.0 Å². The van der Waals surface area contributed by atoms with Crippen LogP contribution in [0.25, 0.3) is 11.4 Å². The maximum atomic E-state index is 12.6. The SMILES string of the molecule is COc1cc(N(C)CCNC(=O)c2cccc(-c3noc(C(F)(F)F)n3)c2)ccc1C. The van der Waals surface area contributed by atoms with Crippen LogP contribution in [0.4, 0.5) is 18.9 Å². The van der Waals surface area contributed by atoms with Gasteiger partial charge in [0.2, 0.25) is 5.82 Å². The van der Waals surface area contributed by atoms with Gasteiger partial charge in [-0.25, -0.2) is 0 Å². The Bertz CT molecular complexity index is 1070. The van der Waals surface area contributed by atoms with Gasteiger partial charge in [-0.05, 0) is 30.7 Å². The number of aromatic nitrogens is 2. The number of alkyl halides is 3. The first-order chi connectivity index (χ1) is 14.7. The molecule has 3 aromatic rings. The largest absolute Gasteiger partial charge is 0.496 e. The van der Waals surface area contributed by atoms with Gasteiger partial charge in [-0.1, -0.05) is 23.4 Å². The van der Waals surface area contributed by atoms with Crippen molar-refractivity contribution in [3.63, 3.8) is 0 Å². The molecule has 1 aromatic heterocycles. The van der Waals surface area contributed by atoms with E-state index in [-0.39, 0.29) is 22.9 Å². The van der Waals surface area contributed by atoms with Crippen LogP contribution >= 0.6 is 0 Å². The summed E-state index contributed by atoms with van der Waals surface area (Å²) in [5.74, 6) is -1.26. The lowest BCUT2D eigenvalue weighted by atomic mass is 10.1. The fourth-order valence-corrected chi connectivity index (χ4v) is 2.87. The molecule has 1 N–H and O–H groups in total. The van der Waals surface area contributed by atoms with Gasteiger partial charge < -0.3 is 19.5 Å². The third-order valence-electron chi connectivity index (χ3n) is 4.62. The lowest BCUT2D eigenvalue weighted by Crippen LogP contribution is -2.33. The van der Waals surface area contributed by atoms with Crippen molar-refractivity contribution in [2.24, 2.45) is 0 Å². The van der Waals surface area contributed by atoms with E-state index in [4.69, 9.17) is 4.74 Å². The van der Waals surface area contributed by atoms with E-state index in [2.05, 4.69) is 20.0 Å². The highest BCUT2D eigenvalue weighted by molar-refractivity contribution is 5.95. The maximum absolute atomic E-state index is 12.6. The molecule has 0 bridgehead atoms. The number of rotatable bonds is 7. The van der Waals surface area contributed by atoms with Gasteiger partial charge in [-0.15, -0.1) is 0 Å². The van der Waals surface area contributed by atoms with Gasteiger partial charge >= 0.3 is 12.1 Å². The van der Waals surface area contributed by atoms with Gasteiger partial charge in [0.25, 0.3) is 5.91 Å². The van der Waals surface area contributed by atoms with Crippen molar-refractivity contribution >= 4 is 11.6 Å². The minimum Gasteiger partial charge on any atom is -0.496 e. The van der Waals surface area contributed by atoms with Crippen LogP contribution < -0.4 is 15.0 Å². The van der Waals surface area contributed by atoms with Crippen molar-refractivity contribution in [3.05, 3.63) is 59.5 Å². The normalized spacial score (nSPS) is 11.3. The topological polar surface area (TPSA) is 80.5 Å². The zero-order valence-electron chi connectivity index (χ0n) is 17.2. The van der Waals surface area contributed by atoms with E-state index in [0.717, 1.165) is 17.0 Å². The first kappa shape index (κ1) is 22.1. The third-order valence-corrected chi connectivity index (χ3v) is 4.62. The number of methoxy groups -OCH3 is 1. The standard InChI is InChI=1S/C21H21F3N4O3/c1-13-7-8-16(12-17(13)30-3)28(2)10-9-25-19(29)15-6-4-5-14(11-15)18-26-20(31-27-18)21(22,23)24/h4-8,11-12H,9-10H2,1-3H3,(H,25,29). The number of carbonyl (C=O) groups excluding carboxylic acids is 1. The number of aryl methyl sites for hydroxylation is 1. The van der Waals surface area contributed by atoms with Gasteiger partial charge in [-0.2, -0.15) is 18.2 Å². The number of likely N-dealkylation sites (N-methyl/N-ethyl adjacent to an activating group) is 1. The quantitative estimate of drug-likeness (QED) is 0.607. The first-order valence-corrected chi connectivity index (χ1v) is 9.34. The number of carbonyl (C=O) groups is 1. The number of nitrogens with zero attached hydrogens (tertiary/aromatic N) is 3. The molecule has 0 unspecified atom stereocenters. The predicted molar refractivity (Wildman–Crippen MR) is 108 cm³/mol. The second-order valence-corrected chi connectivity index (χ2v) is 6.83. The van der Waals surface area contributed by atoms with E-state index >= 15 is 0 Å². The number of ether oxygens (including phenoxy) is 1. The number of nitrogens with one attached hydrogen (secondary N) is 1. The molecule has 0 atom stereocenters. The molecule has 0 aliphatic rings. The van der Waals surface area contributed by atoms with Crippen LogP contribution in [0.1, 0.15) is 21.8 Å². The monoisotopic (exact) mass is 434 g/mol. The molecule has 2 aromatic carbocycles. The predicted octanol–water partition coefficient (Wildman–Crippen LogP) is 3.94. The maximum Gasteiger partial charge on any atom is 0.471 e. The van der Waals surface area contributed by atoms with Gasteiger partial charge in [-0.3, -0.25) is 4.79 Å². The molecule has 0 saturated carbocycles. The summed E-state index contributed by atoms with van der Waals surface area (Å²) in [7, 11) is 3.50. The molecule has 0 fully saturated rings. The zero-order chi connectivity index (χ0) is 22.6. The van der Waals surface area contributed by atoms with E-state index in [0.29, 0.717) is 13.1 Å². The van der Waals surface area contributed by atoms with Crippen LogP contribution in [-0.4, -0.2) is 43.3 Å². The molecule has 10 heteroatoms. The van der Waals surface area contributed by atoms with Crippen molar-refractivity contribution in [2.45, 2.75) is 13.1 Å². The van der Waals surface area contributed by atoms with Crippen LogP contribution in [0.15, 0.2) is 47.0 Å². The molecule has 0 spiro atoms. The molecule has 1 amide bonds. The number of hydrogen-bond donors (Lipinski definition) is 1. The lowest BCUT2D eigenvalue weighted by molar-refractivity contribution is -0.159. The summed E-state index contributed by atoms with van der Waals surface area (Å²) >= 11 is 0. The molecule has 3 rings (SSSR count). The van der Waals surface area contributed by atoms with Gasteiger partial charge in [0.15, 0.2) is 0 Å². The van der Waals surface area contributed by atoms with Crippen molar-refractivity contribution < 1.29 is 27.2 Å². The fourth-order valence-electron chi connectivity index (χ4n) is 2.87. The van der Waals surface area contributed by atoms with Crippen molar-refractivity contribution in [2.75, 3.05) is 32.1 Å². The Balaban J connectivity index is 1.61. The Morgan fingerprint density at radius 2 is 2.00 bits per heavy atom. The van der Waals surface area contributed by atoms with Crippen LogP contribution in [-0.2, 0) is 6.18 Å². The second-order valence-electron chi connectivity index (χ2n) is 6.83. The van der Waals surface area contributed by atoms with Crippen LogP contribution in [0.3, 0.4) is 0 Å². The van der Waals surface area contributed by atoms with Crippen LogP contribution in [0, 0.1) is 6.92 Å². The number of halogens is 3. The van der Waals surface area contributed by atoms with E-state index < -0.39 is 12.1 Å². The second kappa shape index (κ2) is 9.07. The average molecular weight is 434 g/mol. The molecule has 31 heavy (non-hydrogen) atoms. The molecular formula is C21H21F3N4O3. The number of benzene rings is 2. The summed E-state index contributed by atoms with van der Waals surface area (Å²) in [5.41, 5.74) is 2.49. The Morgan fingerprint density at radius 1 is 1.23 bits per heavy atom. The summed E-state index contributed by atoms with van der Waals surface area (Å²) in [5, 5.41) is 6.13. The molecule has 7 nitrogen and oxygen atoms in total. The lowest BCUT2D eigenvalue weighted by Gasteiger charge is -2.20. The van der Waals surface area contributed by atoms with E-state index in [1.165, 1.54) is 12.1 Å². The Labute approximate surface area is 176 Å². The fraction of sp³-hybridized carbons (Fsp3) is 0.286. The van der Waals surface area contributed by atoms with E-state index in [1.807, 2.05) is 37.1 Å². The highest BCUT2D eigenvalue weighted by Crippen LogP contribution is 2.29. The Kier molecular flexibility index (Phi) is 6.47. The van der Waals surface area contributed by atoms with Crippen molar-refractivity contribution in [1.82, 2.24) is 15.5 Å². The molecule has 0 saturated heterocycles. The minimum atomic E-state index is -4.73. The highest BCUT2D eigenvalue weighted by atomic mass is 19.4. The molecule has 0 radical (unpaired) electrons. The van der Waals surface area contributed by atoms with E-state index in [1.54, 1.807) is 19.2 Å². The number of hydrogen-bond acceptors (Lipinski definition) is 6. The molecule has 164 valence electrons. The third kappa shape index (κ3) is 5.33. The van der Waals surface area contributed by atoms with Crippen LogP contribution in [0.5, 0.6) is 5.75 Å². The summed E-state index contributed by atoms with van der Waals surface area (Å²) in [6.07, 6.45) is -4.73. The summed E-state index contributed by atoms with van der Waals surface area (Å²) in [6, 6.07) is 11.8. The van der Waals surface area contributed by atoms with Crippen molar-refractivity contribution in [3.8, 4) is 17.1 Å². The summed E-state index contributed by atoms with van der Waals surface area (Å²) < 4.78 is 47.5. The Morgan fingerprint density at radius 3 is 2.68 bits per heavy atom. The number of amides is 1. The molecular weight excluding hydrogens is 413 g/mol. The molecule has 0 aliphatic carbocycles. The minimum absolute atomic E-state index is 0.241. The van der Waals surface area contributed by atoms with E-state index in [9.17, 15) is 18.0 Å². The molecule has 1 heterocycles. The van der Waals surface area contributed by atoms with Crippen LogP contribution in [0.2, 0.25) is 0 Å². The van der Waals surface area contributed by atoms with Gasteiger partial charge in [0.1, 0.15) is 5.75 Å². The first-order valence-electron chi connectivity index (χ1n) is 9.34. The average Bonchev–Trinajstić information content (AvgIpc) is 3.25. The highest BCUT2D eigenvalue weighted by Gasteiger charge is 2.38. The number of anilines is 1. The van der Waals surface area contributed by atoms with Gasteiger partial charge in [0.05, 0.1) is 7.11 Å². The van der Waals surface area contributed by atoms with Crippen molar-refractivity contribution in [1.29, 1.82) is 0 Å².